The van der Waals surface area contributed by atoms with E-state index in [4.69, 9.17) is 4.52 Å². The highest BCUT2D eigenvalue weighted by Crippen LogP contribution is 2.28. The smallest absolute Gasteiger partial charge is 0.264 e. The van der Waals surface area contributed by atoms with Crippen LogP contribution in [-0.4, -0.2) is 13.6 Å². The number of aromatic nitrogens is 1. The maximum atomic E-state index is 12.4. The molecule has 0 amide bonds. The van der Waals surface area contributed by atoms with Crippen molar-refractivity contribution in [3.63, 3.8) is 0 Å². The summed E-state index contributed by atoms with van der Waals surface area (Å²) in [6.07, 6.45) is 0. The van der Waals surface area contributed by atoms with Crippen LogP contribution in [0.25, 0.3) is 11.1 Å². The zero-order valence-corrected chi connectivity index (χ0v) is 15.5. The summed E-state index contributed by atoms with van der Waals surface area (Å²) in [4.78, 5) is 0.152. The van der Waals surface area contributed by atoms with E-state index in [9.17, 15) is 8.42 Å². The van der Waals surface area contributed by atoms with Crippen LogP contribution in [0.2, 0.25) is 0 Å². The van der Waals surface area contributed by atoms with Gasteiger partial charge in [-0.15, -0.1) is 0 Å². The van der Waals surface area contributed by atoms with Crippen molar-refractivity contribution in [2.45, 2.75) is 18.7 Å². The van der Waals surface area contributed by atoms with E-state index in [1.54, 1.807) is 31.2 Å². The minimum Gasteiger partial charge on any atom is -0.336 e. The quantitative estimate of drug-likeness (QED) is 0.690. The number of hydrogen-bond donors (Lipinski definition) is 1. The van der Waals surface area contributed by atoms with Crippen LogP contribution in [0.15, 0.2) is 62.4 Å². The predicted octanol–water partition coefficient (Wildman–Crippen LogP) is 4.52. The first kappa shape index (κ1) is 16.7. The average molecular weight is 407 g/mol. The number of aryl methyl sites for hydroxylation is 2. The van der Waals surface area contributed by atoms with Crippen LogP contribution in [0.1, 0.15) is 11.3 Å². The van der Waals surface area contributed by atoms with E-state index >= 15 is 0 Å². The van der Waals surface area contributed by atoms with Gasteiger partial charge < -0.3 is 4.52 Å². The van der Waals surface area contributed by atoms with Crippen molar-refractivity contribution in [2.24, 2.45) is 0 Å². The van der Waals surface area contributed by atoms with Gasteiger partial charge in [0.1, 0.15) is 4.47 Å². The Bertz CT molecular complexity index is 962. The molecule has 0 unspecified atom stereocenters. The average Bonchev–Trinajstić information content (AvgIpc) is 2.87. The Kier molecular flexibility index (Phi) is 4.47. The minimum absolute atomic E-state index is 0.0649. The van der Waals surface area contributed by atoms with E-state index < -0.39 is 10.0 Å². The minimum atomic E-state index is -3.74. The standard InChI is InChI=1S/C17H15BrN2O3S/c1-11-3-5-13(6-4-11)14-7-9-15(10-8-14)24(21,22)20-17-16(18)12(2)19-23-17/h3-10,20H,1-2H3. The van der Waals surface area contributed by atoms with Crippen LogP contribution in [-0.2, 0) is 10.0 Å². The van der Waals surface area contributed by atoms with Gasteiger partial charge in [-0.05, 0) is 53.0 Å². The second-order valence-electron chi connectivity index (χ2n) is 5.41. The van der Waals surface area contributed by atoms with Crippen molar-refractivity contribution < 1.29 is 12.9 Å². The summed E-state index contributed by atoms with van der Waals surface area (Å²) >= 11 is 3.24. The van der Waals surface area contributed by atoms with Gasteiger partial charge in [-0.3, -0.25) is 0 Å². The molecule has 5 nitrogen and oxygen atoms in total. The lowest BCUT2D eigenvalue weighted by molar-refractivity contribution is 0.430. The highest BCUT2D eigenvalue weighted by molar-refractivity contribution is 9.10. The monoisotopic (exact) mass is 406 g/mol. The molecule has 0 aliphatic rings. The molecular formula is C17H15BrN2O3S. The Hall–Kier alpha value is -2.12. The highest BCUT2D eigenvalue weighted by atomic mass is 79.9. The molecule has 0 aliphatic carbocycles. The molecule has 0 radical (unpaired) electrons. The number of nitrogens with zero attached hydrogens (tertiary/aromatic N) is 1. The van der Waals surface area contributed by atoms with Crippen LogP contribution in [0, 0.1) is 13.8 Å². The Labute approximate surface area is 148 Å². The van der Waals surface area contributed by atoms with Crippen molar-refractivity contribution in [1.82, 2.24) is 5.16 Å². The molecule has 0 fully saturated rings. The molecule has 1 aromatic heterocycles. The third kappa shape index (κ3) is 3.37. The molecule has 0 atom stereocenters. The Morgan fingerprint density at radius 3 is 2.00 bits per heavy atom. The molecule has 0 saturated carbocycles. The van der Waals surface area contributed by atoms with Crippen molar-refractivity contribution in [3.8, 4) is 11.1 Å². The van der Waals surface area contributed by atoms with Gasteiger partial charge in [-0.2, -0.15) is 0 Å². The SMILES string of the molecule is Cc1ccc(-c2ccc(S(=O)(=O)Nc3onc(C)c3Br)cc2)cc1. The van der Waals surface area contributed by atoms with Gasteiger partial charge in [-0.25, -0.2) is 13.1 Å². The normalized spacial score (nSPS) is 11.5. The molecular weight excluding hydrogens is 392 g/mol. The van der Waals surface area contributed by atoms with E-state index in [2.05, 4.69) is 25.8 Å². The molecule has 3 rings (SSSR count). The third-order valence-electron chi connectivity index (χ3n) is 3.57. The number of nitrogens with one attached hydrogen (secondary N) is 1. The van der Waals surface area contributed by atoms with E-state index in [1.165, 1.54) is 5.56 Å². The van der Waals surface area contributed by atoms with Gasteiger partial charge in [0.05, 0.1) is 10.6 Å². The summed E-state index contributed by atoms with van der Waals surface area (Å²) in [5, 5.41) is 3.71. The predicted molar refractivity (Wildman–Crippen MR) is 96.4 cm³/mol. The van der Waals surface area contributed by atoms with Crippen LogP contribution >= 0.6 is 15.9 Å². The summed E-state index contributed by atoms with van der Waals surface area (Å²) in [6, 6.07) is 14.7. The lowest BCUT2D eigenvalue weighted by atomic mass is 10.0. The topological polar surface area (TPSA) is 72.2 Å². The van der Waals surface area contributed by atoms with Gasteiger partial charge in [0, 0.05) is 0 Å². The fraction of sp³-hybridized carbons (Fsp3) is 0.118. The Balaban J connectivity index is 1.86. The number of halogens is 1. The second kappa shape index (κ2) is 6.41. The lowest BCUT2D eigenvalue weighted by Crippen LogP contribution is -2.12. The first-order valence-corrected chi connectivity index (χ1v) is 9.46. The fourth-order valence-electron chi connectivity index (χ4n) is 2.18. The maximum Gasteiger partial charge on any atom is 0.264 e. The van der Waals surface area contributed by atoms with Crippen LogP contribution < -0.4 is 4.72 Å². The molecule has 7 heteroatoms. The number of rotatable bonds is 4. The van der Waals surface area contributed by atoms with E-state index in [0.717, 1.165) is 11.1 Å². The molecule has 1 heterocycles. The molecule has 0 saturated heterocycles. The summed E-state index contributed by atoms with van der Waals surface area (Å²) < 4.78 is 32.7. The molecule has 0 aliphatic heterocycles. The van der Waals surface area contributed by atoms with Crippen molar-refractivity contribution in [3.05, 3.63) is 64.3 Å². The molecule has 1 N–H and O–H groups in total. The van der Waals surface area contributed by atoms with Crippen molar-refractivity contribution in [1.29, 1.82) is 0 Å². The summed E-state index contributed by atoms with van der Waals surface area (Å²) in [5.41, 5.74) is 3.73. The first-order chi connectivity index (χ1) is 11.4. The highest BCUT2D eigenvalue weighted by Gasteiger charge is 2.19. The van der Waals surface area contributed by atoms with Gasteiger partial charge in [0.25, 0.3) is 15.9 Å². The summed E-state index contributed by atoms with van der Waals surface area (Å²) in [6.45, 7) is 3.73. The Morgan fingerprint density at radius 1 is 0.958 bits per heavy atom. The second-order valence-corrected chi connectivity index (χ2v) is 7.88. The van der Waals surface area contributed by atoms with E-state index in [1.807, 2.05) is 31.2 Å². The number of hydrogen-bond acceptors (Lipinski definition) is 4. The molecule has 0 spiro atoms. The lowest BCUT2D eigenvalue weighted by Gasteiger charge is -2.07. The van der Waals surface area contributed by atoms with Gasteiger partial charge in [0.15, 0.2) is 0 Å². The van der Waals surface area contributed by atoms with E-state index in [-0.39, 0.29) is 10.8 Å². The molecule has 124 valence electrons. The third-order valence-corrected chi connectivity index (χ3v) is 5.85. The first-order valence-electron chi connectivity index (χ1n) is 7.18. The van der Waals surface area contributed by atoms with Gasteiger partial charge >= 0.3 is 0 Å². The zero-order chi connectivity index (χ0) is 17.3. The van der Waals surface area contributed by atoms with Crippen molar-refractivity contribution in [2.75, 3.05) is 4.72 Å². The maximum absolute atomic E-state index is 12.4. The number of benzene rings is 2. The number of anilines is 1. The summed E-state index contributed by atoms with van der Waals surface area (Å²) in [5.74, 6) is 0.0649. The van der Waals surface area contributed by atoms with Gasteiger partial charge in [0.2, 0.25) is 0 Å². The van der Waals surface area contributed by atoms with Crippen LogP contribution in [0.3, 0.4) is 0 Å². The molecule has 3 aromatic rings. The molecule has 2 aromatic carbocycles. The van der Waals surface area contributed by atoms with Crippen molar-refractivity contribution >= 4 is 31.8 Å². The largest absolute Gasteiger partial charge is 0.336 e. The molecule has 0 bridgehead atoms. The zero-order valence-electron chi connectivity index (χ0n) is 13.1. The Morgan fingerprint density at radius 2 is 1.50 bits per heavy atom. The molecule has 24 heavy (non-hydrogen) atoms. The summed E-state index contributed by atoms with van der Waals surface area (Å²) in [7, 11) is -3.74. The van der Waals surface area contributed by atoms with Crippen LogP contribution in [0.4, 0.5) is 5.88 Å². The van der Waals surface area contributed by atoms with E-state index in [0.29, 0.717) is 10.2 Å². The van der Waals surface area contributed by atoms with Crippen LogP contribution in [0.5, 0.6) is 0 Å². The fourth-order valence-corrected chi connectivity index (χ4v) is 3.55. The number of sulfonamides is 1. The van der Waals surface area contributed by atoms with Gasteiger partial charge in [-0.1, -0.05) is 47.1 Å².